The van der Waals surface area contributed by atoms with Gasteiger partial charge in [-0.15, -0.1) is 0 Å². The van der Waals surface area contributed by atoms with Crippen molar-refractivity contribution in [2.45, 2.75) is 6.42 Å². The number of rotatable bonds is 4. The Balaban J connectivity index is 3.89. The quantitative estimate of drug-likeness (QED) is 0.379. The fraction of sp³-hybridized carbons (Fsp3) is 0.500. The van der Waals surface area contributed by atoms with Gasteiger partial charge in [0.05, 0.1) is 19.1 Å². The van der Waals surface area contributed by atoms with Crippen LogP contribution in [-0.4, -0.2) is 36.0 Å². The molecule has 0 saturated heterocycles. The number of hydrogen-bond donors (Lipinski definition) is 0. The molecule has 0 bridgehead atoms. The summed E-state index contributed by atoms with van der Waals surface area (Å²) < 4.78 is 50.3. The summed E-state index contributed by atoms with van der Waals surface area (Å²) in [5.41, 5.74) is 0. The van der Waals surface area contributed by atoms with Gasteiger partial charge in [-0.1, -0.05) is 5.92 Å². The second kappa shape index (κ2) is 6.38. The number of hydrogen-bond acceptors (Lipinski definition) is 6. The van der Waals surface area contributed by atoms with E-state index in [9.17, 15) is 16.8 Å². The average Bonchev–Trinajstić information content (AvgIpc) is 2.06. The molecule has 0 aliphatic carbocycles. The van der Waals surface area contributed by atoms with Crippen molar-refractivity contribution in [1.29, 1.82) is 0 Å². The highest BCUT2D eigenvalue weighted by atomic mass is 32.2. The summed E-state index contributed by atoms with van der Waals surface area (Å²) in [6.45, 7) is -0.0690. The SMILES string of the molecule is CS(=O)(=O)OC#CC#CCCOS(C)(=O)=O. The maximum Gasteiger partial charge on any atom is 0.314 e. The highest BCUT2D eigenvalue weighted by Crippen LogP contribution is 1.88. The van der Waals surface area contributed by atoms with E-state index in [1.807, 2.05) is 6.11 Å². The molecule has 90 valence electrons. The standard InChI is InChI=1S/C8H10O6S2/c1-15(9,10)13-7-5-3-4-6-8-14-16(2,11)12/h5,7H2,1-2H3. The summed E-state index contributed by atoms with van der Waals surface area (Å²) in [6, 6.07) is 0. The van der Waals surface area contributed by atoms with E-state index in [4.69, 9.17) is 0 Å². The molecular weight excluding hydrogens is 256 g/mol. The van der Waals surface area contributed by atoms with E-state index in [0.717, 1.165) is 12.5 Å². The van der Waals surface area contributed by atoms with E-state index >= 15 is 0 Å². The molecule has 6 nitrogen and oxygen atoms in total. The first-order valence-electron chi connectivity index (χ1n) is 3.91. The van der Waals surface area contributed by atoms with E-state index in [-0.39, 0.29) is 13.0 Å². The third-order valence-corrected chi connectivity index (χ3v) is 1.90. The van der Waals surface area contributed by atoms with Crippen molar-refractivity contribution in [3.05, 3.63) is 0 Å². The van der Waals surface area contributed by atoms with Gasteiger partial charge in [-0.05, 0) is 5.92 Å². The fourth-order valence-electron chi connectivity index (χ4n) is 0.473. The maximum atomic E-state index is 10.5. The minimum Gasteiger partial charge on any atom is -0.327 e. The molecule has 16 heavy (non-hydrogen) atoms. The minimum absolute atomic E-state index is 0.0690. The van der Waals surface area contributed by atoms with Gasteiger partial charge in [-0.3, -0.25) is 4.18 Å². The van der Waals surface area contributed by atoms with Gasteiger partial charge < -0.3 is 4.18 Å². The Morgan fingerprint density at radius 3 is 2.12 bits per heavy atom. The smallest absolute Gasteiger partial charge is 0.314 e. The third kappa shape index (κ3) is 12.8. The van der Waals surface area contributed by atoms with Crippen LogP contribution < -0.4 is 0 Å². The van der Waals surface area contributed by atoms with E-state index in [0.29, 0.717) is 0 Å². The van der Waals surface area contributed by atoms with Gasteiger partial charge in [-0.2, -0.15) is 16.8 Å². The zero-order valence-electron chi connectivity index (χ0n) is 8.68. The lowest BCUT2D eigenvalue weighted by molar-refractivity contribution is 0.330. The van der Waals surface area contributed by atoms with Gasteiger partial charge in [-0.25, -0.2) is 0 Å². The van der Waals surface area contributed by atoms with Gasteiger partial charge in [0.1, 0.15) is 6.11 Å². The molecule has 0 aromatic carbocycles. The van der Waals surface area contributed by atoms with Crippen molar-refractivity contribution in [2.75, 3.05) is 19.1 Å². The van der Waals surface area contributed by atoms with Gasteiger partial charge in [0.15, 0.2) is 0 Å². The Bertz CT molecular complexity index is 535. The lowest BCUT2D eigenvalue weighted by Gasteiger charge is -1.94. The van der Waals surface area contributed by atoms with Gasteiger partial charge in [0, 0.05) is 12.3 Å². The van der Waals surface area contributed by atoms with E-state index < -0.39 is 20.2 Å². The van der Waals surface area contributed by atoms with Crippen molar-refractivity contribution in [2.24, 2.45) is 0 Å². The molecule has 0 N–H and O–H groups in total. The van der Waals surface area contributed by atoms with Gasteiger partial charge >= 0.3 is 10.1 Å². The molecule has 0 spiro atoms. The Hall–Kier alpha value is -1.22. The van der Waals surface area contributed by atoms with Crippen LogP contribution in [0.1, 0.15) is 6.42 Å². The van der Waals surface area contributed by atoms with Crippen LogP contribution >= 0.6 is 0 Å². The van der Waals surface area contributed by atoms with Crippen molar-refractivity contribution >= 4 is 20.2 Å². The molecule has 0 amide bonds. The second-order valence-corrected chi connectivity index (χ2v) is 5.81. The molecule has 0 aromatic rings. The molecule has 0 aromatic heterocycles. The topological polar surface area (TPSA) is 86.7 Å². The van der Waals surface area contributed by atoms with E-state index in [1.54, 1.807) is 0 Å². The molecule has 0 heterocycles. The van der Waals surface area contributed by atoms with Crippen molar-refractivity contribution in [3.63, 3.8) is 0 Å². The minimum atomic E-state index is -3.59. The van der Waals surface area contributed by atoms with Crippen LogP contribution in [0.3, 0.4) is 0 Å². The molecule has 0 unspecified atom stereocenters. The monoisotopic (exact) mass is 266 g/mol. The van der Waals surface area contributed by atoms with Gasteiger partial charge in [0.25, 0.3) is 10.1 Å². The summed E-state index contributed by atoms with van der Waals surface area (Å²) >= 11 is 0. The Labute approximate surface area is 95.2 Å². The van der Waals surface area contributed by atoms with Crippen LogP contribution in [0.25, 0.3) is 0 Å². The molecule has 0 atom stereocenters. The molecular formula is C8H10O6S2. The van der Waals surface area contributed by atoms with Crippen LogP contribution in [0, 0.1) is 23.9 Å². The Morgan fingerprint density at radius 1 is 1.00 bits per heavy atom. The summed E-state index contributed by atoms with van der Waals surface area (Å²) in [5, 5.41) is 0. The van der Waals surface area contributed by atoms with Crippen LogP contribution in [-0.2, 0) is 28.6 Å². The summed E-state index contributed by atoms with van der Waals surface area (Å²) in [6.07, 6.45) is 3.82. The first-order chi connectivity index (χ1) is 7.21. The van der Waals surface area contributed by atoms with E-state index in [1.165, 1.54) is 0 Å². The molecule has 0 aliphatic rings. The lowest BCUT2D eigenvalue weighted by Crippen LogP contribution is -2.03. The second-order valence-electron chi connectivity index (χ2n) is 2.59. The third-order valence-electron chi connectivity index (χ3n) is 0.919. The first-order valence-corrected chi connectivity index (χ1v) is 7.55. The molecule has 8 heteroatoms. The highest BCUT2D eigenvalue weighted by molar-refractivity contribution is 7.86. The molecule has 0 fully saturated rings. The first kappa shape index (κ1) is 14.8. The van der Waals surface area contributed by atoms with Gasteiger partial charge in [0.2, 0.25) is 0 Å². The van der Waals surface area contributed by atoms with Crippen molar-refractivity contribution in [3.8, 4) is 23.9 Å². The molecule has 0 aliphatic heterocycles. The highest BCUT2D eigenvalue weighted by Gasteiger charge is 1.98. The normalized spacial score (nSPS) is 10.6. The predicted molar refractivity (Wildman–Crippen MR) is 56.9 cm³/mol. The van der Waals surface area contributed by atoms with Crippen LogP contribution in [0.15, 0.2) is 0 Å². The molecule has 0 radical (unpaired) electrons. The van der Waals surface area contributed by atoms with Crippen LogP contribution in [0.4, 0.5) is 0 Å². The maximum absolute atomic E-state index is 10.5. The Kier molecular flexibility index (Phi) is 5.89. The predicted octanol–water partition coefficient (Wildman–Crippen LogP) is -0.707. The molecule has 0 saturated carbocycles. The summed E-state index contributed by atoms with van der Waals surface area (Å²) in [5.74, 6) is 6.85. The Morgan fingerprint density at radius 2 is 1.62 bits per heavy atom. The lowest BCUT2D eigenvalue weighted by atomic mass is 10.4. The molecule has 0 rings (SSSR count). The van der Waals surface area contributed by atoms with Crippen LogP contribution in [0.2, 0.25) is 0 Å². The zero-order chi connectivity index (χ0) is 12.7. The fourth-order valence-corrected chi connectivity index (χ4v) is 1.05. The van der Waals surface area contributed by atoms with Crippen molar-refractivity contribution < 1.29 is 25.2 Å². The summed E-state index contributed by atoms with van der Waals surface area (Å²) in [4.78, 5) is 0. The van der Waals surface area contributed by atoms with Crippen LogP contribution in [0.5, 0.6) is 0 Å². The summed E-state index contributed by atoms with van der Waals surface area (Å²) in [7, 11) is -7.03. The average molecular weight is 266 g/mol. The largest absolute Gasteiger partial charge is 0.327 e. The van der Waals surface area contributed by atoms with E-state index in [2.05, 4.69) is 26.1 Å². The van der Waals surface area contributed by atoms with Crippen molar-refractivity contribution in [1.82, 2.24) is 0 Å². The zero-order valence-corrected chi connectivity index (χ0v) is 10.3.